The van der Waals surface area contributed by atoms with Crippen molar-refractivity contribution in [3.05, 3.63) is 35.9 Å². The highest BCUT2D eigenvalue weighted by Gasteiger charge is 2.41. The van der Waals surface area contributed by atoms with E-state index in [0.717, 1.165) is 0 Å². The first-order valence-electron chi connectivity index (χ1n) is 10.6. The molecule has 14 heteroatoms. The van der Waals surface area contributed by atoms with Gasteiger partial charge in [0.15, 0.2) is 5.82 Å². The monoisotopic (exact) mass is 485 g/mol. The smallest absolute Gasteiger partial charge is 0.443 e. The molecule has 4 rings (SSSR count). The molecule has 0 spiro atoms. The van der Waals surface area contributed by atoms with Crippen LogP contribution in [0.5, 0.6) is 0 Å². The molecule has 10 nitrogen and oxygen atoms in total. The van der Waals surface area contributed by atoms with E-state index in [1.807, 2.05) is 0 Å². The molecule has 184 valence electrons. The first kappa shape index (κ1) is 23.7. The maximum atomic E-state index is 14.9. The van der Waals surface area contributed by atoms with E-state index in [0.29, 0.717) is 30.0 Å². The van der Waals surface area contributed by atoms with Gasteiger partial charge in [0.1, 0.15) is 17.9 Å². The van der Waals surface area contributed by atoms with Crippen molar-refractivity contribution < 1.29 is 31.8 Å². The molecule has 34 heavy (non-hydrogen) atoms. The fourth-order valence-corrected chi connectivity index (χ4v) is 3.77. The standard InChI is InChI=1S/C20H23F4N7O3/c1-10(2)26-19(32)34-14-4-3-12(17(14)21)13-7-15(30-29-13)28-18-25-6-5-16-27-11(8-31(16)18)9-33-20(22,23)24/h5-8,10,12,14,17H,3-4,9H2,1-2H3,(H,26,32)(H2,25,28,29,30)/t12-,14-,17-/m0/s1. The first-order chi connectivity index (χ1) is 16.1. The number of nitrogens with zero attached hydrogens (tertiary/aromatic N) is 4. The zero-order valence-electron chi connectivity index (χ0n) is 18.3. The molecular weight excluding hydrogens is 462 g/mol. The number of alkyl carbamates (subject to hydrolysis) is 1. The van der Waals surface area contributed by atoms with Gasteiger partial charge in [0, 0.05) is 36.1 Å². The third-order valence-electron chi connectivity index (χ3n) is 5.22. The van der Waals surface area contributed by atoms with Crippen LogP contribution >= 0.6 is 0 Å². The average molecular weight is 485 g/mol. The van der Waals surface area contributed by atoms with Crippen molar-refractivity contribution in [2.24, 2.45) is 0 Å². The van der Waals surface area contributed by atoms with Gasteiger partial charge < -0.3 is 15.4 Å². The molecule has 1 aliphatic rings. The van der Waals surface area contributed by atoms with Gasteiger partial charge in [-0.05, 0) is 32.8 Å². The Balaban J connectivity index is 1.43. The number of hydrogen-bond donors (Lipinski definition) is 3. The van der Waals surface area contributed by atoms with Gasteiger partial charge in [-0.1, -0.05) is 0 Å². The van der Waals surface area contributed by atoms with Gasteiger partial charge in [-0.15, -0.1) is 13.2 Å². The van der Waals surface area contributed by atoms with Gasteiger partial charge in [-0.2, -0.15) is 5.10 Å². The summed E-state index contributed by atoms with van der Waals surface area (Å²) in [6.07, 6.45) is -4.06. The van der Waals surface area contributed by atoms with Gasteiger partial charge in [0.05, 0.1) is 12.3 Å². The second kappa shape index (κ2) is 9.44. The number of nitrogens with one attached hydrogen (secondary N) is 3. The molecule has 3 aromatic heterocycles. The molecule has 0 radical (unpaired) electrons. The van der Waals surface area contributed by atoms with Crippen molar-refractivity contribution in [2.75, 3.05) is 5.32 Å². The quantitative estimate of drug-likeness (QED) is 0.434. The molecule has 0 aromatic carbocycles. The highest BCUT2D eigenvalue weighted by Crippen LogP contribution is 2.38. The molecule has 3 heterocycles. The lowest BCUT2D eigenvalue weighted by atomic mass is 10.0. The van der Waals surface area contributed by atoms with Crippen molar-refractivity contribution in [2.45, 2.75) is 63.9 Å². The fraction of sp³-hybridized carbons (Fsp3) is 0.500. The molecular formula is C20H23F4N7O3. The van der Waals surface area contributed by atoms with E-state index < -0.39 is 37.3 Å². The highest BCUT2D eigenvalue weighted by molar-refractivity contribution is 5.67. The summed E-state index contributed by atoms with van der Waals surface area (Å²) in [6, 6.07) is 3.02. The fourth-order valence-electron chi connectivity index (χ4n) is 3.77. The second-order valence-corrected chi connectivity index (χ2v) is 8.17. The summed E-state index contributed by atoms with van der Waals surface area (Å²) in [4.78, 5) is 20.0. The second-order valence-electron chi connectivity index (χ2n) is 8.17. The van der Waals surface area contributed by atoms with Crippen molar-refractivity contribution in [1.82, 2.24) is 29.9 Å². The number of imidazole rings is 1. The van der Waals surface area contributed by atoms with Crippen LogP contribution in [0.3, 0.4) is 0 Å². The molecule has 0 saturated heterocycles. The van der Waals surface area contributed by atoms with Crippen LogP contribution in [0.1, 0.15) is 44.0 Å². The van der Waals surface area contributed by atoms with Crippen molar-refractivity contribution >= 4 is 23.5 Å². The Kier molecular flexibility index (Phi) is 6.59. The van der Waals surface area contributed by atoms with E-state index in [-0.39, 0.29) is 17.7 Å². The number of anilines is 2. The van der Waals surface area contributed by atoms with Gasteiger partial charge >= 0.3 is 12.5 Å². The van der Waals surface area contributed by atoms with Gasteiger partial charge in [-0.25, -0.2) is 19.2 Å². The Morgan fingerprint density at radius 2 is 2.15 bits per heavy atom. The number of hydrogen-bond acceptors (Lipinski definition) is 7. The minimum atomic E-state index is -4.77. The molecule has 3 N–H and O–H groups in total. The number of halogens is 4. The molecule has 3 atom stereocenters. The summed E-state index contributed by atoms with van der Waals surface area (Å²) in [7, 11) is 0. The third kappa shape index (κ3) is 5.55. The Morgan fingerprint density at radius 3 is 2.88 bits per heavy atom. The maximum Gasteiger partial charge on any atom is 0.522 e. The zero-order chi connectivity index (χ0) is 24.5. The van der Waals surface area contributed by atoms with Crippen LogP contribution in [-0.2, 0) is 16.1 Å². The van der Waals surface area contributed by atoms with Crippen LogP contribution in [0, 0.1) is 0 Å². The first-order valence-corrected chi connectivity index (χ1v) is 10.6. The molecule has 1 fully saturated rings. The molecule has 0 bridgehead atoms. The normalized spacial score (nSPS) is 20.7. The Labute approximate surface area is 191 Å². The van der Waals surface area contributed by atoms with Crippen LogP contribution in [0.2, 0.25) is 0 Å². The number of fused-ring (bicyclic) bond motifs is 1. The molecule has 1 amide bonds. The van der Waals surface area contributed by atoms with Crippen LogP contribution in [0.4, 0.5) is 34.1 Å². The topological polar surface area (TPSA) is 118 Å². The Bertz CT molecular complexity index is 1150. The van der Waals surface area contributed by atoms with E-state index in [4.69, 9.17) is 4.74 Å². The zero-order valence-corrected chi connectivity index (χ0v) is 18.3. The highest BCUT2D eigenvalue weighted by atomic mass is 19.4. The SMILES string of the molecule is CC(C)NC(=O)O[C@H]1CC[C@@H](c2cc(Nc3nccc4nc(COC(F)(F)F)cn34)n[nH]2)[C@@H]1F. The maximum absolute atomic E-state index is 14.9. The number of carbonyl (C=O) groups excluding carboxylic acids is 1. The number of rotatable bonds is 7. The summed E-state index contributed by atoms with van der Waals surface area (Å²) < 4.78 is 62.4. The van der Waals surface area contributed by atoms with E-state index in [2.05, 4.69) is 35.5 Å². The lowest BCUT2D eigenvalue weighted by Gasteiger charge is -2.18. The number of aromatic nitrogens is 5. The van der Waals surface area contributed by atoms with Crippen LogP contribution in [-0.4, -0.2) is 55.3 Å². The van der Waals surface area contributed by atoms with Crippen molar-refractivity contribution in [3.63, 3.8) is 0 Å². The van der Waals surface area contributed by atoms with E-state index in [9.17, 15) is 22.4 Å². The summed E-state index contributed by atoms with van der Waals surface area (Å²) in [5, 5.41) is 12.4. The van der Waals surface area contributed by atoms with Crippen LogP contribution in [0.25, 0.3) is 5.65 Å². The van der Waals surface area contributed by atoms with Crippen LogP contribution in [0.15, 0.2) is 24.5 Å². The summed E-state index contributed by atoms with van der Waals surface area (Å²) in [5.74, 6) is 0.0324. The van der Waals surface area contributed by atoms with Gasteiger partial charge in [0.25, 0.3) is 0 Å². The molecule has 1 aliphatic carbocycles. The van der Waals surface area contributed by atoms with E-state index in [1.54, 1.807) is 19.9 Å². The molecule has 1 saturated carbocycles. The summed E-state index contributed by atoms with van der Waals surface area (Å²) in [6.45, 7) is 2.82. The summed E-state index contributed by atoms with van der Waals surface area (Å²) >= 11 is 0. The Morgan fingerprint density at radius 1 is 1.35 bits per heavy atom. The number of amides is 1. The van der Waals surface area contributed by atoms with Crippen molar-refractivity contribution in [1.29, 1.82) is 0 Å². The third-order valence-corrected chi connectivity index (χ3v) is 5.22. The summed E-state index contributed by atoms with van der Waals surface area (Å²) in [5.41, 5.74) is 0.936. The number of H-pyrrole nitrogens is 1. The van der Waals surface area contributed by atoms with Gasteiger partial charge in [-0.3, -0.25) is 14.2 Å². The van der Waals surface area contributed by atoms with Gasteiger partial charge in [0.2, 0.25) is 5.95 Å². The van der Waals surface area contributed by atoms with Crippen LogP contribution < -0.4 is 10.6 Å². The number of aromatic amines is 1. The predicted octanol–water partition coefficient (Wildman–Crippen LogP) is 3.95. The number of ether oxygens (including phenoxy) is 2. The Hall–Kier alpha value is -3.42. The molecule has 0 unspecified atom stereocenters. The lowest BCUT2D eigenvalue weighted by Crippen LogP contribution is -2.36. The minimum absolute atomic E-state index is 0.0647. The van der Waals surface area contributed by atoms with E-state index in [1.165, 1.54) is 22.9 Å². The molecule has 0 aliphatic heterocycles. The minimum Gasteiger partial charge on any atom is -0.443 e. The molecule has 3 aromatic rings. The number of alkyl halides is 4. The predicted molar refractivity (Wildman–Crippen MR) is 111 cm³/mol. The average Bonchev–Trinajstić information content (AvgIpc) is 3.45. The lowest BCUT2D eigenvalue weighted by molar-refractivity contribution is -0.330. The van der Waals surface area contributed by atoms with E-state index >= 15 is 0 Å². The largest absolute Gasteiger partial charge is 0.522 e. The van der Waals surface area contributed by atoms with Crippen molar-refractivity contribution in [3.8, 4) is 0 Å². The number of carbonyl (C=O) groups is 1.